The first kappa shape index (κ1) is 13.7. The number of ketones is 1. The molecular weight excluding hydrogens is 246 g/mol. The van der Waals surface area contributed by atoms with Crippen molar-refractivity contribution in [1.82, 2.24) is 0 Å². The molecule has 0 bridgehead atoms. The third-order valence-corrected chi connectivity index (χ3v) is 5.36. The van der Waals surface area contributed by atoms with Gasteiger partial charge in [-0.1, -0.05) is 31.4 Å². The highest BCUT2D eigenvalue weighted by atomic mass is 16.1. The molecule has 2 aliphatic rings. The number of Topliss-reactive ketones (excluding diaryl/α,β-unsaturated/α-hetero) is 1. The second kappa shape index (κ2) is 5.59. The third kappa shape index (κ3) is 2.61. The highest BCUT2D eigenvalue weighted by Crippen LogP contribution is 2.45. The van der Waals surface area contributed by atoms with Gasteiger partial charge in [0.05, 0.1) is 0 Å². The van der Waals surface area contributed by atoms with Gasteiger partial charge in [-0.15, -0.1) is 0 Å². The summed E-state index contributed by atoms with van der Waals surface area (Å²) in [5.41, 5.74) is 2.65. The van der Waals surface area contributed by atoms with E-state index < -0.39 is 0 Å². The lowest BCUT2D eigenvalue weighted by Gasteiger charge is -2.45. The molecule has 1 spiro atoms. The number of nitrogens with zero attached hydrogens (tertiary/aromatic N) is 1. The molecule has 0 atom stereocenters. The number of hydrogen-bond donors (Lipinski definition) is 0. The molecule has 20 heavy (non-hydrogen) atoms. The van der Waals surface area contributed by atoms with Crippen molar-refractivity contribution in [1.29, 1.82) is 0 Å². The molecule has 1 saturated heterocycles. The fourth-order valence-corrected chi connectivity index (χ4v) is 4.07. The highest BCUT2D eigenvalue weighted by Gasteiger charge is 2.35. The van der Waals surface area contributed by atoms with Gasteiger partial charge in [0, 0.05) is 24.3 Å². The van der Waals surface area contributed by atoms with Gasteiger partial charge < -0.3 is 4.90 Å². The van der Waals surface area contributed by atoms with Crippen molar-refractivity contribution in [3.63, 3.8) is 0 Å². The van der Waals surface area contributed by atoms with Crippen LogP contribution < -0.4 is 4.90 Å². The maximum absolute atomic E-state index is 11.8. The van der Waals surface area contributed by atoms with Crippen molar-refractivity contribution in [2.75, 3.05) is 18.0 Å². The van der Waals surface area contributed by atoms with E-state index in [1.165, 1.54) is 44.9 Å². The molecule has 0 aromatic heterocycles. The van der Waals surface area contributed by atoms with Gasteiger partial charge in [0.1, 0.15) is 0 Å². The molecule has 3 rings (SSSR count). The first-order valence-corrected chi connectivity index (χ1v) is 8.05. The topological polar surface area (TPSA) is 20.3 Å². The van der Waals surface area contributed by atoms with E-state index in [4.69, 9.17) is 0 Å². The van der Waals surface area contributed by atoms with E-state index in [-0.39, 0.29) is 5.78 Å². The maximum Gasteiger partial charge on any atom is 0.161 e. The molecule has 2 fully saturated rings. The molecule has 1 aromatic carbocycles. The summed E-state index contributed by atoms with van der Waals surface area (Å²) in [6.07, 6.45) is 9.73. The van der Waals surface area contributed by atoms with E-state index in [9.17, 15) is 4.79 Å². The Morgan fingerprint density at radius 1 is 1.00 bits per heavy atom. The monoisotopic (exact) mass is 271 g/mol. The summed E-state index contributed by atoms with van der Waals surface area (Å²) in [5.74, 6) is 0.179. The molecule has 1 heterocycles. The molecule has 2 nitrogen and oxygen atoms in total. The van der Waals surface area contributed by atoms with Crippen LogP contribution in [0.15, 0.2) is 24.3 Å². The fourth-order valence-electron chi connectivity index (χ4n) is 4.07. The van der Waals surface area contributed by atoms with Crippen molar-refractivity contribution < 1.29 is 4.79 Å². The number of piperidine rings is 1. The van der Waals surface area contributed by atoms with E-state index in [2.05, 4.69) is 11.0 Å². The number of carbonyl (C=O) groups is 1. The lowest BCUT2D eigenvalue weighted by molar-refractivity contribution is 0.101. The van der Waals surface area contributed by atoms with Gasteiger partial charge in [-0.05, 0) is 50.2 Å². The molecule has 1 aliphatic carbocycles. The summed E-state index contributed by atoms with van der Waals surface area (Å²) in [5, 5.41) is 0. The van der Waals surface area contributed by atoms with Gasteiger partial charge in [-0.2, -0.15) is 0 Å². The van der Waals surface area contributed by atoms with Crippen LogP contribution in [-0.4, -0.2) is 18.9 Å². The van der Waals surface area contributed by atoms with Crippen LogP contribution in [0.2, 0.25) is 0 Å². The van der Waals surface area contributed by atoms with E-state index in [0.717, 1.165) is 24.3 Å². The first-order valence-electron chi connectivity index (χ1n) is 8.05. The SMILES string of the molecule is CC(=O)c1ccccc1N1CCC2(CCCCC2)CC1. The molecule has 0 amide bonds. The lowest BCUT2D eigenvalue weighted by atomic mass is 9.68. The van der Waals surface area contributed by atoms with Crippen molar-refractivity contribution in [3.8, 4) is 0 Å². The Labute approximate surface area is 122 Å². The molecule has 108 valence electrons. The standard InChI is InChI=1S/C18H25NO/c1-15(20)16-7-3-4-8-17(16)19-13-11-18(12-14-19)9-5-2-6-10-18/h3-4,7-8H,2,5-6,9-14H2,1H3. The normalized spacial score (nSPS) is 21.9. The van der Waals surface area contributed by atoms with Gasteiger partial charge in [0.25, 0.3) is 0 Å². The van der Waals surface area contributed by atoms with Crippen LogP contribution in [0.5, 0.6) is 0 Å². The third-order valence-electron chi connectivity index (χ3n) is 5.36. The Morgan fingerprint density at radius 3 is 2.30 bits per heavy atom. The van der Waals surface area contributed by atoms with Crippen LogP contribution in [0, 0.1) is 5.41 Å². The van der Waals surface area contributed by atoms with Crippen LogP contribution in [0.25, 0.3) is 0 Å². The van der Waals surface area contributed by atoms with E-state index >= 15 is 0 Å². The summed E-state index contributed by atoms with van der Waals surface area (Å²) in [6, 6.07) is 8.08. The van der Waals surface area contributed by atoms with Gasteiger partial charge in [-0.25, -0.2) is 0 Å². The Hall–Kier alpha value is -1.31. The summed E-state index contributed by atoms with van der Waals surface area (Å²) in [7, 11) is 0. The average Bonchev–Trinajstić information content (AvgIpc) is 2.49. The van der Waals surface area contributed by atoms with E-state index in [1.807, 2.05) is 18.2 Å². The lowest BCUT2D eigenvalue weighted by Crippen LogP contribution is -2.41. The van der Waals surface area contributed by atoms with Crippen LogP contribution in [-0.2, 0) is 0 Å². The van der Waals surface area contributed by atoms with Gasteiger partial charge in [-0.3, -0.25) is 4.79 Å². The maximum atomic E-state index is 11.8. The molecule has 1 aromatic rings. The van der Waals surface area contributed by atoms with E-state index in [1.54, 1.807) is 6.92 Å². The van der Waals surface area contributed by atoms with Gasteiger partial charge >= 0.3 is 0 Å². The Kier molecular flexibility index (Phi) is 3.82. The average molecular weight is 271 g/mol. The largest absolute Gasteiger partial charge is 0.371 e. The summed E-state index contributed by atoms with van der Waals surface area (Å²) in [4.78, 5) is 14.2. The first-order chi connectivity index (χ1) is 9.70. The number of anilines is 1. The fraction of sp³-hybridized carbons (Fsp3) is 0.611. The second-order valence-corrected chi connectivity index (χ2v) is 6.62. The Balaban J connectivity index is 1.73. The minimum absolute atomic E-state index is 0.179. The molecule has 1 saturated carbocycles. The van der Waals surface area contributed by atoms with Crippen LogP contribution in [0.3, 0.4) is 0 Å². The van der Waals surface area contributed by atoms with Crippen molar-refractivity contribution in [3.05, 3.63) is 29.8 Å². The summed E-state index contributed by atoms with van der Waals surface area (Å²) in [6.45, 7) is 3.90. The molecular formula is C18H25NO. The number of rotatable bonds is 2. The van der Waals surface area contributed by atoms with E-state index in [0.29, 0.717) is 5.41 Å². The minimum Gasteiger partial charge on any atom is -0.371 e. The van der Waals surface area contributed by atoms with Crippen LogP contribution >= 0.6 is 0 Å². The second-order valence-electron chi connectivity index (χ2n) is 6.62. The molecule has 0 radical (unpaired) electrons. The zero-order chi connectivity index (χ0) is 14.0. The number of hydrogen-bond acceptors (Lipinski definition) is 2. The van der Waals surface area contributed by atoms with Gasteiger partial charge in [0.15, 0.2) is 5.78 Å². The molecule has 0 unspecified atom stereocenters. The van der Waals surface area contributed by atoms with Crippen molar-refractivity contribution in [2.24, 2.45) is 5.41 Å². The highest BCUT2D eigenvalue weighted by molar-refractivity contribution is 5.99. The van der Waals surface area contributed by atoms with Crippen molar-refractivity contribution >= 4 is 11.5 Å². The molecule has 1 aliphatic heterocycles. The Morgan fingerprint density at radius 2 is 1.65 bits per heavy atom. The van der Waals surface area contributed by atoms with Crippen molar-refractivity contribution in [2.45, 2.75) is 51.9 Å². The smallest absolute Gasteiger partial charge is 0.161 e. The van der Waals surface area contributed by atoms with Crippen LogP contribution in [0.1, 0.15) is 62.2 Å². The number of carbonyl (C=O) groups excluding carboxylic acids is 1. The summed E-state index contributed by atoms with van der Waals surface area (Å²) >= 11 is 0. The summed E-state index contributed by atoms with van der Waals surface area (Å²) < 4.78 is 0. The number of para-hydroxylation sites is 1. The zero-order valence-electron chi connectivity index (χ0n) is 12.5. The van der Waals surface area contributed by atoms with Crippen LogP contribution in [0.4, 0.5) is 5.69 Å². The predicted octanol–water partition coefficient (Wildman–Crippen LogP) is 4.44. The van der Waals surface area contributed by atoms with Gasteiger partial charge in [0.2, 0.25) is 0 Å². The predicted molar refractivity (Wildman–Crippen MR) is 83.4 cm³/mol. The Bertz CT molecular complexity index is 478. The molecule has 0 N–H and O–H groups in total. The minimum atomic E-state index is 0.179. The quantitative estimate of drug-likeness (QED) is 0.741. The number of benzene rings is 1. The molecule has 2 heteroatoms. The zero-order valence-corrected chi connectivity index (χ0v) is 12.5.